The number of fused-ring (bicyclic) bond motifs is 1. The summed E-state index contributed by atoms with van der Waals surface area (Å²) in [5.41, 5.74) is 1.59. The lowest BCUT2D eigenvalue weighted by atomic mass is 10.2. The van der Waals surface area contributed by atoms with Crippen LogP contribution in [0.25, 0.3) is 20.7 Å². The van der Waals surface area contributed by atoms with Crippen LogP contribution in [0.1, 0.15) is 0 Å². The van der Waals surface area contributed by atoms with Crippen molar-refractivity contribution in [3.63, 3.8) is 0 Å². The van der Waals surface area contributed by atoms with Crippen LogP contribution in [0.4, 0.5) is 5.88 Å². The molecular weight excluding hydrogens is 342 g/mol. The molecule has 0 bridgehead atoms. The van der Waals surface area contributed by atoms with Crippen LogP contribution < -0.4 is 10.3 Å². The van der Waals surface area contributed by atoms with Crippen LogP contribution >= 0.6 is 34.3 Å². The lowest BCUT2D eigenvalue weighted by Gasteiger charge is -2.27. The quantitative estimate of drug-likeness (QED) is 0.696. The van der Waals surface area contributed by atoms with E-state index in [9.17, 15) is 4.79 Å². The third-order valence-corrected chi connectivity index (χ3v) is 5.83. The van der Waals surface area contributed by atoms with Crippen LogP contribution in [0.3, 0.4) is 0 Å². The van der Waals surface area contributed by atoms with Crippen LogP contribution in [0.15, 0.2) is 32.8 Å². The Hall–Kier alpha value is -1.34. The predicted molar refractivity (Wildman–Crippen MR) is 91.7 cm³/mol. The lowest BCUT2D eigenvalue weighted by molar-refractivity contribution is 0.121. The number of halogens is 1. The third-order valence-electron chi connectivity index (χ3n) is 3.59. The first kappa shape index (κ1) is 14.3. The first-order chi connectivity index (χ1) is 10.7. The van der Waals surface area contributed by atoms with Crippen LogP contribution in [0, 0.1) is 0 Å². The van der Waals surface area contributed by atoms with Gasteiger partial charge in [-0.3, -0.25) is 4.79 Å². The van der Waals surface area contributed by atoms with E-state index in [0.717, 1.165) is 27.9 Å². The van der Waals surface area contributed by atoms with Crippen molar-refractivity contribution < 1.29 is 9.15 Å². The zero-order valence-corrected chi connectivity index (χ0v) is 13.9. The summed E-state index contributed by atoms with van der Waals surface area (Å²) < 4.78 is 12.8. The van der Waals surface area contributed by atoms with Gasteiger partial charge in [-0.25, -0.2) is 0 Å². The molecule has 0 aliphatic carbocycles. The van der Waals surface area contributed by atoms with Gasteiger partial charge in [0.05, 0.1) is 17.6 Å². The zero-order chi connectivity index (χ0) is 15.1. The van der Waals surface area contributed by atoms with E-state index in [1.54, 1.807) is 6.07 Å². The maximum absolute atomic E-state index is 12.4. The minimum atomic E-state index is 0.00152. The van der Waals surface area contributed by atoms with Crippen molar-refractivity contribution in [2.45, 2.75) is 0 Å². The zero-order valence-electron chi connectivity index (χ0n) is 11.5. The number of ether oxygens (including phenoxy) is 1. The molecule has 1 aliphatic heterocycles. The molecule has 1 saturated heterocycles. The highest BCUT2D eigenvalue weighted by Gasteiger charge is 2.19. The van der Waals surface area contributed by atoms with Crippen molar-refractivity contribution >= 4 is 50.4 Å². The van der Waals surface area contributed by atoms with Gasteiger partial charge in [0.25, 0.3) is 0 Å². The summed E-state index contributed by atoms with van der Waals surface area (Å²) >= 11 is 8.92. The number of thiophene rings is 2. The second-order valence-corrected chi connectivity index (χ2v) is 7.55. The Balaban J connectivity index is 1.86. The van der Waals surface area contributed by atoms with Crippen LogP contribution in [0.5, 0.6) is 0 Å². The summed E-state index contributed by atoms with van der Waals surface area (Å²) in [6, 6.07) is 5.39. The number of nitrogens with zero attached hydrogens (tertiary/aromatic N) is 1. The van der Waals surface area contributed by atoms with Gasteiger partial charge in [-0.2, -0.15) is 0 Å². The molecule has 3 aromatic rings. The molecule has 1 aliphatic rings. The molecule has 114 valence electrons. The second kappa shape index (κ2) is 5.70. The van der Waals surface area contributed by atoms with Gasteiger partial charge < -0.3 is 14.1 Å². The number of morpholine rings is 1. The summed E-state index contributed by atoms with van der Waals surface area (Å²) in [5, 5.41) is 1.96. The SMILES string of the molecule is O=c1cc(N2CCOCC2)oc2c(-c3ccc(Cl)s3)csc12. The Bertz CT molecular complexity index is 876. The van der Waals surface area contributed by atoms with Crippen molar-refractivity contribution in [3.8, 4) is 10.4 Å². The van der Waals surface area contributed by atoms with E-state index in [1.807, 2.05) is 22.4 Å². The molecule has 0 unspecified atom stereocenters. The largest absolute Gasteiger partial charge is 0.439 e. The van der Waals surface area contributed by atoms with E-state index in [4.69, 9.17) is 20.8 Å². The van der Waals surface area contributed by atoms with Gasteiger partial charge in [-0.1, -0.05) is 11.6 Å². The minimum Gasteiger partial charge on any atom is -0.439 e. The number of hydrogen-bond donors (Lipinski definition) is 0. The highest BCUT2D eigenvalue weighted by Crippen LogP contribution is 2.39. The molecule has 22 heavy (non-hydrogen) atoms. The first-order valence-corrected chi connectivity index (χ1v) is 8.93. The average Bonchev–Trinajstić information content (AvgIpc) is 3.14. The molecule has 1 fully saturated rings. The van der Waals surface area contributed by atoms with E-state index in [2.05, 4.69) is 0 Å². The summed E-state index contributed by atoms with van der Waals surface area (Å²) in [5.74, 6) is 0.614. The summed E-state index contributed by atoms with van der Waals surface area (Å²) in [6.07, 6.45) is 0. The van der Waals surface area contributed by atoms with Crippen molar-refractivity contribution in [2.24, 2.45) is 0 Å². The van der Waals surface area contributed by atoms with E-state index in [1.165, 1.54) is 22.7 Å². The monoisotopic (exact) mass is 353 g/mol. The minimum absolute atomic E-state index is 0.00152. The highest BCUT2D eigenvalue weighted by molar-refractivity contribution is 7.21. The molecule has 0 N–H and O–H groups in total. The van der Waals surface area contributed by atoms with Gasteiger partial charge >= 0.3 is 0 Å². The van der Waals surface area contributed by atoms with Gasteiger partial charge in [0.2, 0.25) is 5.43 Å². The van der Waals surface area contributed by atoms with Crippen molar-refractivity contribution in [3.05, 3.63) is 38.1 Å². The average molecular weight is 354 g/mol. The van der Waals surface area contributed by atoms with Crippen molar-refractivity contribution in [1.29, 1.82) is 0 Å². The molecule has 7 heteroatoms. The summed E-state index contributed by atoms with van der Waals surface area (Å²) in [6.45, 7) is 2.77. The maximum atomic E-state index is 12.4. The molecule has 3 aromatic heterocycles. The topological polar surface area (TPSA) is 42.7 Å². The predicted octanol–water partition coefficient (Wildman–Crippen LogP) is 4.07. The van der Waals surface area contributed by atoms with E-state index >= 15 is 0 Å². The van der Waals surface area contributed by atoms with Crippen LogP contribution in [-0.2, 0) is 4.74 Å². The van der Waals surface area contributed by atoms with Crippen molar-refractivity contribution in [1.82, 2.24) is 0 Å². The lowest BCUT2D eigenvalue weighted by Crippen LogP contribution is -2.36. The molecule has 4 heterocycles. The Kier molecular flexibility index (Phi) is 3.69. The van der Waals surface area contributed by atoms with Gasteiger partial charge in [0, 0.05) is 35.0 Å². The van der Waals surface area contributed by atoms with Crippen LogP contribution in [0.2, 0.25) is 4.34 Å². The number of rotatable bonds is 2. The van der Waals surface area contributed by atoms with E-state index < -0.39 is 0 Å². The fourth-order valence-corrected chi connectivity index (χ4v) is 4.53. The Morgan fingerprint density at radius 1 is 1.23 bits per heavy atom. The molecule has 4 nitrogen and oxygen atoms in total. The van der Waals surface area contributed by atoms with E-state index in [0.29, 0.717) is 29.4 Å². The Labute approximate surface area is 139 Å². The summed E-state index contributed by atoms with van der Waals surface area (Å²) in [4.78, 5) is 15.4. The van der Waals surface area contributed by atoms with Gasteiger partial charge in [-0.15, -0.1) is 22.7 Å². The van der Waals surface area contributed by atoms with Crippen LogP contribution in [-0.4, -0.2) is 26.3 Å². The smallest absolute Gasteiger partial charge is 0.204 e. The fourth-order valence-electron chi connectivity index (χ4n) is 2.50. The Morgan fingerprint density at radius 3 is 2.77 bits per heavy atom. The molecule has 0 saturated carbocycles. The molecule has 4 rings (SSSR count). The molecule has 0 radical (unpaired) electrons. The van der Waals surface area contributed by atoms with E-state index in [-0.39, 0.29) is 5.43 Å². The standard InChI is InChI=1S/C15H12ClNO3S2/c16-12-2-1-11(22-12)9-8-21-15-10(18)7-13(20-14(9)15)17-3-5-19-6-4-17/h1-2,7-8H,3-6H2. The number of hydrogen-bond acceptors (Lipinski definition) is 6. The second-order valence-electron chi connectivity index (χ2n) is 4.96. The highest BCUT2D eigenvalue weighted by atomic mass is 35.5. The van der Waals surface area contributed by atoms with Gasteiger partial charge in [0.1, 0.15) is 4.70 Å². The maximum Gasteiger partial charge on any atom is 0.204 e. The third kappa shape index (κ3) is 2.46. The molecular formula is C15H12ClNO3S2. The molecule has 0 atom stereocenters. The Morgan fingerprint density at radius 2 is 2.05 bits per heavy atom. The van der Waals surface area contributed by atoms with Crippen molar-refractivity contribution in [2.75, 3.05) is 31.2 Å². The fraction of sp³-hybridized carbons (Fsp3) is 0.267. The molecule has 0 spiro atoms. The van der Waals surface area contributed by atoms with Gasteiger partial charge in [0.15, 0.2) is 11.5 Å². The number of anilines is 1. The summed E-state index contributed by atoms with van der Waals surface area (Å²) in [7, 11) is 0. The normalized spacial score (nSPS) is 15.6. The van der Waals surface area contributed by atoms with Gasteiger partial charge in [-0.05, 0) is 12.1 Å². The first-order valence-electron chi connectivity index (χ1n) is 6.86. The molecule has 0 amide bonds. The molecule has 0 aromatic carbocycles.